The summed E-state index contributed by atoms with van der Waals surface area (Å²) in [6.07, 6.45) is 2.45. The van der Waals surface area contributed by atoms with Crippen LogP contribution in [0.1, 0.15) is 37.8 Å². The summed E-state index contributed by atoms with van der Waals surface area (Å²) in [4.78, 5) is 17.7. The molecule has 1 aromatic rings. The maximum Gasteiger partial charge on any atom is 0.222 e. The average Bonchev–Trinajstić information content (AvgIpc) is 2.88. The monoisotopic (exact) mass is 356 g/mol. The lowest BCUT2D eigenvalue weighted by atomic mass is 10.1. The van der Waals surface area contributed by atoms with Gasteiger partial charge in [0.25, 0.3) is 0 Å². The Morgan fingerprint density at radius 2 is 2.26 bits per heavy atom. The van der Waals surface area contributed by atoms with E-state index in [2.05, 4.69) is 10.3 Å². The zero-order valence-corrected chi connectivity index (χ0v) is 14.7. The van der Waals surface area contributed by atoms with Crippen LogP contribution in [0.2, 0.25) is 10.0 Å². The smallest absolute Gasteiger partial charge is 0.222 e. The number of rotatable bonds is 6. The van der Waals surface area contributed by atoms with Crippen LogP contribution in [0.5, 0.6) is 0 Å². The van der Waals surface area contributed by atoms with E-state index in [1.807, 2.05) is 17.9 Å². The lowest BCUT2D eigenvalue weighted by Crippen LogP contribution is -2.34. The number of aliphatic imine (C=N–C) groups is 1. The molecule has 7 heteroatoms. The Balaban J connectivity index is 1.78. The molecule has 1 aliphatic rings. The molecular weight excluding hydrogens is 335 g/mol. The van der Waals surface area contributed by atoms with Gasteiger partial charge in [-0.25, -0.2) is 0 Å². The van der Waals surface area contributed by atoms with Gasteiger partial charge in [-0.15, -0.1) is 0 Å². The van der Waals surface area contributed by atoms with Gasteiger partial charge in [-0.2, -0.15) is 0 Å². The lowest BCUT2D eigenvalue weighted by Gasteiger charge is -2.17. The number of nitrogens with zero attached hydrogens (tertiary/aromatic N) is 2. The summed E-state index contributed by atoms with van der Waals surface area (Å²) in [7, 11) is 0. The number of likely N-dealkylation sites (tertiary alicyclic amines) is 1. The third kappa shape index (κ3) is 5.29. The number of nitrogens with two attached hydrogens (primary N) is 1. The summed E-state index contributed by atoms with van der Waals surface area (Å²) in [6, 6.07) is 5.30. The molecule has 1 saturated heterocycles. The predicted molar refractivity (Wildman–Crippen MR) is 94.9 cm³/mol. The van der Waals surface area contributed by atoms with E-state index in [0.717, 1.165) is 31.5 Å². The van der Waals surface area contributed by atoms with Crippen molar-refractivity contribution in [3.05, 3.63) is 33.8 Å². The molecule has 0 spiro atoms. The van der Waals surface area contributed by atoms with Gasteiger partial charge in [0.2, 0.25) is 5.91 Å². The van der Waals surface area contributed by atoms with E-state index in [-0.39, 0.29) is 11.9 Å². The molecule has 1 aromatic carbocycles. The molecule has 5 nitrogen and oxygen atoms in total. The van der Waals surface area contributed by atoms with E-state index in [0.29, 0.717) is 29.0 Å². The third-order valence-electron chi connectivity index (χ3n) is 3.83. The zero-order valence-electron chi connectivity index (χ0n) is 13.2. The number of nitrogens with one attached hydrogen (secondary N) is 1. The number of hydrogen-bond acceptors (Lipinski definition) is 2. The van der Waals surface area contributed by atoms with E-state index in [1.54, 1.807) is 12.1 Å². The van der Waals surface area contributed by atoms with E-state index in [9.17, 15) is 4.79 Å². The lowest BCUT2D eigenvalue weighted by molar-refractivity contribution is -0.127. The van der Waals surface area contributed by atoms with Crippen LogP contribution < -0.4 is 11.1 Å². The standard InChI is InChI=1S/C16H22Cl2N4O/c1-11(13-6-5-12(17)10-14(13)18)21-16(19)20-7-3-9-22-8-2-4-15(22)23/h5-6,10-11H,2-4,7-9H2,1H3,(H3,19,20,21). The SMILES string of the molecule is CC(NC(N)=NCCCN1CCCC1=O)c1ccc(Cl)cc1Cl. The molecule has 0 aliphatic carbocycles. The van der Waals surface area contributed by atoms with Crippen molar-refractivity contribution in [2.24, 2.45) is 10.7 Å². The second-order valence-corrected chi connectivity index (χ2v) is 6.48. The Morgan fingerprint density at radius 1 is 1.48 bits per heavy atom. The van der Waals surface area contributed by atoms with Gasteiger partial charge in [-0.1, -0.05) is 29.3 Å². The summed E-state index contributed by atoms with van der Waals surface area (Å²) in [5, 5.41) is 4.31. The highest BCUT2D eigenvalue weighted by molar-refractivity contribution is 6.35. The molecule has 3 N–H and O–H groups in total. The predicted octanol–water partition coefficient (Wildman–Crippen LogP) is 2.97. The molecule has 1 fully saturated rings. The second kappa shape index (κ2) is 8.41. The van der Waals surface area contributed by atoms with Crippen LogP contribution in [0.15, 0.2) is 23.2 Å². The van der Waals surface area contributed by atoms with Crippen molar-refractivity contribution in [2.45, 2.75) is 32.2 Å². The molecule has 1 aliphatic heterocycles. The normalized spacial score (nSPS) is 16.7. The number of guanidine groups is 1. The first-order valence-electron chi connectivity index (χ1n) is 7.76. The van der Waals surface area contributed by atoms with E-state index in [4.69, 9.17) is 28.9 Å². The summed E-state index contributed by atoms with van der Waals surface area (Å²) in [5.74, 6) is 0.613. The van der Waals surface area contributed by atoms with Crippen molar-refractivity contribution in [2.75, 3.05) is 19.6 Å². The largest absolute Gasteiger partial charge is 0.370 e. The zero-order chi connectivity index (χ0) is 16.8. The Kier molecular flexibility index (Phi) is 6.54. The van der Waals surface area contributed by atoms with Crippen molar-refractivity contribution in [3.63, 3.8) is 0 Å². The van der Waals surface area contributed by atoms with Crippen LogP contribution in [0.25, 0.3) is 0 Å². The topological polar surface area (TPSA) is 70.7 Å². The van der Waals surface area contributed by atoms with Crippen LogP contribution in [0.3, 0.4) is 0 Å². The minimum Gasteiger partial charge on any atom is -0.370 e. The number of amides is 1. The number of carbonyl (C=O) groups is 1. The van der Waals surface area contributed by atoms with Gasteiger partial charge >= 0.3 is 0 Å². The van der Waals surface area contributed by atoms with Crippen molar-refractivity contribution in [3.8, 4) is 0 Å². The van der Waals surface area contributed by atoms with Gasteiger partial charge in [-0.3, -0.25) is 9.79 Å². The fourth-order valence-corrected chi connectivity index (χ4v) is 3.17. The van der Waals surface area contributed by atoms with E-state index >= 15 is 0 Å². The molecule has 0 saturated carbocycles. The molecular formula is C16H22Cl2N4O. The minimum atomic E-state index is -0.0660. The van der Waals surface area contributed by atoms with Gasteiger partial charge in [0, 0.05) is 36.1 Å². The third-order valence-corrected chi connectivity index (χ3v) is 4.40. The highest BCUT2D eigenvalue weighted by atomic mass is 35.5. The van der Waals surface area contributed by atoms with Crippen molar-refractivity contribution in [1.82, 2.24) is 10.2 Å². The molecule has 0 bridgehead atoms. The fraction of sp³-hybridized carbons (Fsp3) is 0.500. The molecule has 23 heavy (non-hydrogen) atoms. The quantitative estimate of drug-likeness (QED) is 0.467. The van der Waals surface area contributed by atoms with Gasteiger partial charge in [-0.05, 0) is 37.5 Å². The van der Waals surface area contributed by atoms with Crippen molar-refractivity contribution < 1.29 is 4.79 Å². The summed E-state index contributed by atoms with van der Waals surface area (Å²) >= 11 is 12.1. The van der Waals surface area contributed by atoms with Gasteiger partial charge in [0.05, 0.1) is 6.04 Å². The van der Waals surface area contributed by atoms with Crippen LogP contribution in [0.4, 0.5) is 0 Å². The van der Waals surface area contributed by atoms with Gasteiger partial charge in [0.1, 0.15) is 0 Å². The molecule has 0 aromatic heterocycles. The van der Waals surface area contributed by atoms with Crippen LogP contribution in [0, 0.1) is 0 Å². The Hall–Kier alpha value is -1.46. The highest BCUT2D eigenvalue weighted by Gasteiger charge is 2.18. The summed E-state index contributed by atoms with van der Waals surface area (Å²) < 4.78 is 0. The number of benzene rings is 1. The fourth-order valence-electron chi connectivity index (χ4n) is 2.60. The molecule has 1 amide bonds. The van der Waals surface area contributed by atoms with E-state index in [1.165, 1.54) is 0 Å². The van der Waals surface area contributed by atoms with Gasteiger partial charge in [0.15, 0.2) is 5.96 Å². The van der Waals surface area contributed by atoms with Crippen molar-refractivity contribution in [1.29, 1.82) is 0 Å². The molecule has 0 radical (unpaired) electrons. The summed E-state index contributed by atoms with van der Waals surface area (Å²) in [5.41, 5.74) is 6.82. The number of carbonyl (C=O) groups excluding carboxylic acids is 1. The average molecular weight is 357 g/mol. The second-order valence-electron chi connectivity index (χ2n) is 5.64. The summed E-state index contributed by atoms with van der Waals surface area (Å²) in [6.45, 7) is 4.15. The first-order valence-corrected chi connectivity index (χ1v) is 8.52. The van der Waals surface area contributed by atoms with Gasteiger partial charge < -0.3 is 16.0 Å². The first kappa shape index (κ1) is 17.9. The number of halogens is 2. The number of hydrogen-bond donors (Lipinski definition) is 2. The Bertz CT molecular complexity index is 591. The van der Waals surface area contributed by atoms with E-state index < -0.39 is 0 Å². The minimum absolute atomic E-state index is 0.0660. The van der Waals surface area contributed by atoms with Crippen LogP contribution in [-0.4, -0.2) is 36.4 Å². The van der Waals surface area contributed by atoms with Crippen LogP contribution >= 0.6 is 23.2 Å². The Labute approximate surface area is 146 Å². The maximum absolute atomic E-state index is 11.5. The van der Waals surface area contributed by atoms with Crippen molar-refractivity contribution >= 4 is 35.1 Å². The Morgan fingerprint density at radius 3 is 2.91 bits per heavy atom. The molecule has 1 unspecified atom stereocenters. The molecule has 1 heterocycles. The molecule has 2 rings (SSSR count). The molecule has 126 valence electrons. The van der Waals surface area contributed by atoms with Crippen LogP contribution in [-0.2, 0) is 4.79 Å². The highest BCUT2D eigenvalue weighted by Crippen LogP contribution is 2.25. The molecule has 1 atom stereocenters. The first-order chi connectivity index (χ1) is 11.0. The maximum atomic E-state index is 11.5.